The molecule has 0 radical (unpaired) electrons. The minimum atomic E-state index is -3.21. The maximum Gasteiger partial charge on any atom is 0.352 e. The van der Waals surface area contributed by atoms with Crippen LogP contribution < -0.4 is 0 Å². The summed E-state index contributed by atoms with van der Waals surface area (Å²) >= 11 is 8.54. The number of aliphatic carboxylic acids is 1. The van der Waals surface area contributed by atoms with Crippen LogP contribution in [0.5, 0.6) is 0 Å². The van der Waals surface area contributed by atoms with Crippen molar-refractivity contribution in [2.45, 2.75) is 27.6 Å². The fourth-order valence-corrected chi connectivity index (χ4v) is 3.48. The normalized spacial score (nSPS) is 40.5. The Labute approximate surface area is 149 Å². The summed E-state index contributed by atoms with van der Waals surface area (Å²) in [6.45, 7) is 0. The Kier molecular flexibility index (Phi) is 3.66. The minimum absolute atomic E-state index is 0.321. The highest BCUT2D eigenvalue weighted by atomic mass is 79.9. The number of aliphatic hydroxyl groups excluding tert-OH is 2. The van der Waals surface area contributed by atoms with Gasteiger partial charge in [-0.1, -0.05) is 29.8 Å². The number of nitrogens with one attached hydrogen (secondary N) is 1. The fourth-order valence-electron chi connectivity index (χ4n) is 2.65. The third kappa shape index (κ3) is 2.07. The number of hydrogen-bond acceptors (Lipinski definition) is 6. The van der Waals surface area contributed by atoms with Gasteiger partial charge in [-0.05, 0) is 33.4 Å². The molecule has 1 aliphatic heterocycles. The van der Waals surface area contributed by atoms with Gasteiger partial charge in [0.25, 0.3) is 4.51 Å². The summed E-state index contributed by atoms with van der Waals surface area (Å²) in [6, 6.07) is 6.02. The quantitative estimate of drug-likeness (QED) is 0.378. The van der Waals surface area contributed by atoms with Crippen LogP contribution in [0.15, 0.2) is 30.3 Å². The lowest BCUT2D eigenvalue weighted by atomic mass is 9.80. The molecular weight excluding hydrogens is 410 g/mol. The van der Waals surface area contributed by atoms with Gasteiger partial charge >= 0.3 is 5.97 Å². The smallest absolute Gasteiger partial charge is 0.352 e. The number of carbonyl (C=O) groups is 1. The molecule has 2 aromatic rings. The van der Waals surface area contributed by atoms with E-state index in [4.69, 9.17) is 17.7 Å². The molecule has 130 valence electrons. The summed E-state index contributed by atoms with van der Waals surface area (Å²) in [5.41, 5.74) is -3.11. The molecule has 0 saturated carbocycles. The molecule has 1 aromatic heterocycles. The zero-order chi connectivity index (χ0) is 18.8. The number of halogens is 2. The van der Waals surface area contributed by atoms with Crippen molar-refractivity contribution in [1.82, 2.24) is 4.98 Å². The van der Waals surface area contributed by atoms with Gasteiger partial charge in [0.1, 0.15) is 6.10 Å². The number of aromatic nitrogens is 1. The largest absolute Gasteiger partial charge is 0.478 e. The molecule has 0 aliphatic carbocycles. The summed E-state index contributed by atoms with van der Waals surface area (Å²) in [5.74, 6) is -1.86. The molecule has 0 bridgehead atoms. The van der Waals surface area contributed by atoms with Gasteiger partial charge in [-0.2, -0.15) is 0 Å². The van der Waals surface area contributed by atoms with Crippen molar-refractivity contribution in [3.63, 3.8) is 0 Å². The summed E-state index contributed by atoms with van der Waals surface area (Å²) in [7, 11) is 0. The lowest BCUT2D eigenvalue weighted by Crippen LogP contribution is -2.75. The Balaban J connectivity index is 2.32. The predicted octanol–water partition coefficient (Wildman–Crippen LogP) is 0.168. The number of H-pyrrole nitrogens is 1. The number of para-hydroxylation sites is 1. The van der Waals surface area contributed by atoms with Gasteiger partial charge in [-0.15, -0.1) is 0 Å². The number of alkyl halides is 2. The van der Waals surface area contributed by atoms with Crippen molar-refractivity contribution in [3.05, 3.63) is 36.0 Å². The van der Waals surface area contributed by atoms with Crippen LogP contribution in [0.4, 0.5) is 0 Å². The molecule has 0 unspecified atom stereocenters. The first kappa shape index (κ1) is 16.3. The van der Waals surface area contributed by atoms with Crippen LogP contribution in [0.2, 0.25) is 0 Å². The van der Waals surface area contributed by atoms with E-state index < -0.39 is 39.2 Å². The monoisotopic (exact) mass is 422 g/mol. The third-order valence-corrected chi connectivity index (χ3v) is 5.90. The Morgan fingerprint density at radius 1 is 1.38 bits per heavy atom. The molecule has 1 aliphatic rings. The van der Waals surface area contributed by atoms with E-state index >= 15 is 0 Å². The average molecular weight is 424 g/mol. The lowest BCUT2D eigenvalue weighted by Gasteiger charge is -2.52. The Morgan fingerprint density at radius 3 is 2.58 bits per heavy atom. The number of carboxylic acids is 1. The summed E-state index contributed by atoms with van der Waals surface area (Å²) in [5, 5.41) is 48.3. The first-order valence-corrected chi connectivity index (χ1v) is 7.83. The number of hydrogen-bond donors (Lipinski definition) is 6. The Bertz CT molecular complexity index is 861. The van der Waals surface area contributed by atoms with Crippen molar-refractivity contribution in [2.24, 2.45) is 0 Å². The van der Waals surface area contributed by atoms with Crippen LogP contribution >= 0.6 is 27.5 Å². The van der Waals surface area contributed by atoms with Crippen molar-refractivity contribution < 1.29 is 36.4 Å². The number of aromatic amines is 1. The SMILES string of the molecule is [2H]c1c([C@@]2(O)[C@@H](O)[C@H](O)O[C@](Br)(C(=O)O)[C@]2(O)Cl)[nH]c2ccccc12. The van der Waals surface area contributed by atoms with Crippen LogP contribution in [0.25, 0.3) is 10.9 Å². The second kappa shape index (κ2) is 5.40. The summed E-state index contributed by atoms with van der Waals surface area (Å²) < 4.78 is 10.0. The number of ether oxygens (including phenoxy) is 1. The molecule has 8 nitrogen and oxygen atoms in total. The molecule has 3 rings (SSSR count). The third-order valence-electron chi connectivity index (χ3n) is 4.02. The molecule has 1 saturated heterocycles. The molecule has 6 N–H and O–H groups in total. The van der Waals surface area contributed by atoms with Gasteiger partial charge < -0.3 is 35.3 Å². The van der Waals surface area contributed by atoms with Gasteiger partial charge in [0, 0.05) is 5.52 Å². The molecule has 1 fully saturated rings. The summed E-state index contributed by atoms with van der Waals surface area (Å²) in [4.78, 5) is 14.2. The molecule has 0 spiro atoms. The first-order valence-electron chi connectivity index (χ1n) is 7.16. The Morgan fingerprint density at radius 2 is 2.00 bits per heavy atom. The molecule has 0 amide bonds. The molecule has 1 aromatic carbocycles. The number of fused-ring (bicyclic) bond motifs is 1. The first-order chi connectivity index (χ1) is 11.5. The van der Waals surface area contributed by atoms with E-state index in [1.807, 2.05) is 0 Å². The van der Waals surface area contributed by atoms with E-state index in [1.165, 1.54) is 6.07 Å². The van der Waals surface area contributed by atoms with Crippen molar-refractivity contribution in [1.29, 1.82) is 0 Å². The van der Waals surface area contributed by atoms with Crippen LogP contribution in [0.1, 0.15) is 7.06 Å². The van der Waals surface area contributed by atoms with Crippen LogP contribution in [-0.2, 0) is 15.1 Å². The average Bonchev–Trinajstić information content (AvgIpc) is 2.89. The number of rotatable bonds is 2. The van der Waals surface area contributed by atoms with Gasteiger partial charge in [0.15, 0.2) is 11.9 Å². The number of carboxylic acid groups (broad SMARTS) is 1. The van der Waals surface area contributed by atoms with Gasteiger partial charge in [0.05, 0.1) is 7.06 Å². The Hall–Kier alpha value is -1.20. The van der Waals surface area contributed by atoms with E-state index in [1.54, 1.807) is 18.2 Å². The summed E-state index contributed by atoms with van der Waals surface area (Å²) in [6.07, 6.45) is -4.50. The van der Waals surface area contributed by atoms with Crippen LogP contribution in [0.3, 0.4) is 0 Å². The van der Waals surface area contributed by atoms with E-state index in [0.717, 1.165) is 0 Å². The molecule has 2 heterocycles. The van der Waals surface area contributed by atoms with Gasteiger partial charge in [0.2, 0.25) is 5.06 Å². The zero-order valence-corrected chi connectivity index (χ0v) is 14.1. The molecule has 5 atom stereocenters. The van der Waals surface area contributed by atoms with E-state index in [0.29, 0.717) is 10.9 Å². The number of benzene rings is 1. The minimum Gasteiger partial charge on any atom is -0.478 e. The van der Waals surface area contributed by atoms with Crippen molar-refractivity contribution in [2.75, 3.05) is 0 Å². The van der Waals surface area contributed by atoms with Crippen LogP contribution in [0, 0.1) is 0 Å². The van der Waals surface area contributed by atoms with Gasteiger partial charge in [-0.25, -0.2) is 4.79 Å². The topological polar surface area (TPSA) is 143 Å². The van der Waals surface area contributed by atoms with E-state index in [2.05, 4.69) is 20.9 Å². The molecule has 10 heteroatoms. The maximum absolute atomic E-state index is 11.5. The standard InChI is InChI=1S/C14H13BrClNO7/c15-13(11(20)21)14(16,23)12(22,9(18)10(19)24-13)8-5-6-3-1-2-4-7(6)17-8/h1-5,9-10,17-19,22-23H,(H,20,21)/t9-,10+,12+,13+,14-/m0/s1/i5D. The zero-order valence-electron chi connectivity index (χ0n) is 12.8. The van der Waals surface area contributed by atoms with Crippen molar-refractivity contribution in [3.8, 4) is 0 Å². The highest BCUT2D eigenvalue weighted by molar-refractivity contribution is 9.10. The second-order valence-corrected chi connectivity index (χ2v) is 7.08. The number of aliphatic hydroxyl groups is 4. The fraction of sp³-hybridized carbons (Fsp3) is 0.357. The second-order valence-electron chi connectivity index (χ2n) is 5.41. The van der Waals surface area contributed by atoms with Crippen LogP contribution in [-0.4, -0.2) is 58.5 Å². The molecular formula is C14H13BrClNO7. The maximum atomic E-state index is 11.5. The highest BCUT2D eigenvalue weighted by Crippen LogP contribution is 2.54. The lowest BCUT2D eigenvalue weighted by molar-refractivity contribution is -0.340. The molecule has 24 heavy (non-hydrogen) atoms. The van der Waals surface area contributed by atoms with E-state index in [9.17, 15) is 30.3 Å². The van der Waals surface area contributed by atoms with Gasteiger partial charge in [-0.3, -0.25) is 0 Å². The predicted molar refractivity (Wildman–Crippen MR) is 85.4 cm³/mol. The van der Waals surface area contributed by atoms with Crippen molar-refractivity contribution >= 4 is 44.4 Å². The van der Waals surface area contributed by atoms with E-state index in [-0.39, 0.29) is 6.04 Å². The highest BCUT2D eigenvalue weighted by Gasteiger charge is 2.75.